The summed E-state index contributed by atoms with van der Waals surface area (Å²) in [6, 6.07) is 0. The molecule has 1 aromatic rings. The number of nitrogens with zero attached hydrogens (tertiary/aromatic N) is 2. The van der Waals surface area contributed by atoms with E-state index in [-0.39, 0.29) is 5.56 Å². The van der Waals surface area contributed by atoms with E-state index in [0.717, 1.165) is 0 Å². The number of aliphatic carboxylic acids is 1. The van der Waals surface area contributed by atoms with Gasteiger partial charge in [-0.05, 0) is 19.4 Å². The van der Waals surface area contributed by atoms with Crippen LogP contribution in [0.1, 0.15) is 23.2 Å². The van der Waals surface area contributed by atoms with Gasteiger partial charge in [-0.25, -0.2) is 8.78 Å². The molecular weight excluding hydrogens is 242 g/mol. The summed E-state index contributed by atoms with van der Waals surface area (Å²) in [6.45, 7) is 2.90. The van der Waals surface area contributed by atoms with Crippen molar-refractivity contribution in [1.82, 2.24) is 10.2 Å². The molecule has 0 bridgehead atoms. The van der Waals surface area contributed by atoms with E-state index in [2.05, 4.69) is 10.2 Å². The smallest absolute Gasteiger partial charge is 0.309 e. The lowest BCUT2D eigenvalue weighted by Gasteiger charge is -2.18. The number of hydrogen-bond acceptors (Lipinski definition) is 3. The van der Waals surface area contributed by atoms with Crippen LogP contribution >= 0.6 is 11.6 Å². The summed E-state index contributed by atoms with van der Waals surface area (Å²) in [6.07, 6.45) is -1.32. The van der Waals surface area contributed by atoms with Gasteiger partial charge in [-0.3, -0.25) is 4.79 Å². The predicted octanol–water partition coefficient (Wildman–Crippen LogP) is 2.31. The summed E-state index contributed by atoms with van der Waals surface area (Å²) in [4.78, 5) is 10.3. The minimum Gasteiger partial charge on any atom is -0.481 e. The van der Waals surface area contributed by atoms with Crippen LogP contribution in [0.4, 0.5) is 8.78 Å². The molecule has 0 fully saturated rings. The van der Waals surface area contributed by atoms with Gasteiger partial charge in [0.1, 0.15) is 6.42 Å². The summed E-state index contributed by atoms with van der Waals surface area (Å²) in [5, 5.41) is 14.9. The molecule has 0 radical (unpaired) electrons. The van der Waals surface area contributed by atoms with Crippen LogP contribution in [0.25, 0.3) is 0 Å². The fourth-order valence-electron chi connectivity index (χ4n) is 1.28. The number of carboxylic acid groups (broad SMARTS) is 1. The molecule has 0 aliphatic rings. The number of alkyl halides is 2. The zero-order valence-corrected chi connectivity index (χ0v) is 9.35. The lowest BCUT2D eigenvalue weighted by atomic mass is 10.0. The number of carboxylic acids is 1. The van der Waals surface area contributed by atoms with Crippen LogP contribution < -0.4 is 0 Å². The maximum absolute atomic E-state index is 13.6. The number of hydrogen-bond donors (Lipinski definition) is 1. The average Bonchev–Trinajstić information content (AvgIpc) is 2.09. The summed E-state index contributed by atoms with van der Waals surface area (Å²) < 4.78 is 27.2. The largest absolute Gasteiger partial charge is 0.481 e. The molecule has 0 unspecified atom stereocenters. The molecule has 0 aliphatic heterocycles. The Balaban J connectivity index is 3.31. The fraction of sp³-hybridized carbons (Fsp3) is 0.444. The van der Waals surface area contributed by atoms with Gasteiger partial charge in [-0.1, -0.05) is 11.6 Å². The van der Waals surface area contributed by atoms with E-state index >= 15 is 0 Å². The number of carbonyl (C=O) groups is 1. The van der Waals surface area contributed by atoms with Crippen LogP contribution in [0, 0.1) is 13.8 Å². The lowest BCUT2D eigenvalue weighted by molar-refractivity contribution is -0.145. The normalized spacial score (nSPS) is 11.6. The van der Waals surface area contributed by atoms with Crippen molar-refractivity contribution in [3.8, 4) is 0 Å². The number of aromatic nitrogens is 2. The minimum absolute atomic E-state index is 0.159. The van der Waals surface area contributed by atoms with Crippen molar-refractivity contribution in [2.75, 3.05) is 0 Å². The predicted molar refractivity (Wildman–Crippen MR) is 52.7 cm³/mol. The molecule has 88 valence electrons. The Morgan fingerprint density at radius 1 is 1.44 bits per heavy atom. The van der Waals surface area contributed by atoms with Gasteiger partial charge in [0.25, 0.3) is 5.92 Å². The third-order valence-corrected chi connectivity index (χ3v) is 2.42. The first-order valence-corrected chi connectivity index (χ1v) is 4.73. The van der Waals surface area contributed by atoms with Gasteiger partial charge in [0.05, 0.1) is 11.3 Å². The Labute approximate surface area is 95.3 Å². The molecule has 0 amide bonds. The Bertz CT molecular complexity index is 438. The van der Waals surface area contributed by atoms with Gasteiger partial charge in [0.2, 0.25) is 0 Å². The Morgan fingerprint density at radius 3 is 2.50 bits per heavy atom. The quantitative estimate of drug-likeness (QED) is 0.894. The highest BCUT2D eigenvalue weighted by molar-refractivity contribution is 6.30. The minimum atomic E-state index is -3.55. The molecule has 0 spiro atoms. The van der Waals surface area contributed by atoms with Crippen molar-refractivity contribution < 1.29 is 18.7 Å². The Kier molecular flexibility index (Phi) is 3.42. The van der Waals surface area contributed by atoms with E-state index in [1.807, 2.05) is 0 Å². The molecule has 0 atom stereocenters. The van der Waals surface area contributed by atoms with Gasteiger partial charge in [0, 0.05) is 0 Å². The zero-order chi connectivity index (χ0) is 12.5. The maximum Gasteiger partial charge on any atom is 0.309 e. The van der Waals surface area contributed by atoms with E-state index in [0.29, 0.717) is 5.69 Å². The van der Waals surface area contributed by atoms with E-state index in [1.165, 1.54) is 13.8 Å². The van der Waals surface area contributed by atoms with Crippen LogP contribution in [0.3, 0.4) is 0 Å². The maximum atomic E-state index is 13.6. The molecule has 1 rings (SSSR count). The van der Waals surface area contributed by atoms with Crippen molar-refractivity contribution in [3.63, 3.8) is 0 Å². The number of rotatable bonds is 3. The molecule has 16 heavy (non-hydrogen) atoms. The molecule has 0 aliphatic carbocycles. The standard InChI is InChI=1S/C9H9ClF2N2O2/c1-4-5(2)13-14-8(10)7(4)9(11,12)3-6(15)16/h3H2,1-2H3,(H,15,16). The van der Waals surface area contributed by atoms with Crippen LogP contribution in [0.5, 0.6) is 0 Å². The first-order valence-electron chi connectivity index (χ1n) is 4.35. The van der Waals surface area contributed by atoms with E-state index < -0.39 is 29.0 Å². The first kappa shape index (κ1) is 12.8. The van der Waals surface area contributed by atoms with Gasteiger partial charge in [-0.2, -0.15) is 5.10 Å². The van der Waals surface area contributed by atoms with Gasteiger partial charge < -0.3 is 5.11 Å². The molecule has 0 saturated carbocycles. The molecule has 1 aromatic heterocycles. The highest BCUT2D eigenvalue weighted by atomic mass is 35.5. The van der Waals surface area contributed by atoms with Crippen molar-refractivity contribution >= 4 is 17.6 Å². The van der Waals surface area contributed by atoms with E-state index in [9.17, 15) is 13.6 Å². The molecule has 1 N–H and O–H groups in total. The monoisotopic (exact) mass is 250 g/mol. The Hall–Kier alpha value is -1.30. The molecular formula is C9H9ClF2N2O2. The van der Waals surface area contributed by atoms with Gasteiger partial charge >= 0.3 is 5.97 Å². The third-order valence-electron chi connectivity index (χ3n) is 2.15. The average molecular weight is 251 g/mol. The fourth-order valence-corrected chi connectivity index (χ4v) is 1.60. The highest BCUT2D eigenvalue weighted by Crippen LogP contribution is 2.37. The SMILES string of the molecule is Cc1nnc(Cl)c(C(F)(F)CC(=O)O)c1C. The molecule has 0 saturated heterocycles. The Morgan fingerprint density at radius 2 is 2.00 bits per heavy atom. The molecule has 7 heteroatoms. The van der Waals surface area contributed by atoms with Crippen LogP contribution in [0.15, 0.2) is 0 Å². The summed E-state index contributed by atoms with van der Waals surface area (Å²) in [5.74, 6) is -5.15. The lowest BCUT2D eigenvalue weighted by Crippen LogP contribution is -2.21. The van der Waals surface area contributed by atoms with E-state index in [1.54, 1.807) is 0 Å². The van der Waals surface area contributed by atoms with Crippen molar-refractivity contribution in [3.05, 3.63) is 22.0 Å². The second kappa shape index (κ2) is 4.29. The van der Waals surface area contributed by atoms with Crippen molar-refractivity contribution in [1.29, 1.82) is 0 Å². The second-order valence-corrected chi connectivity index (χ2v) is 3.71. The molecule has 1 heterocycles. The second-order valence-electron chi connectivity index (χ2n) is 3.35. The van der Waals surface area contributed by atoms with Crippen molar-refractivity contribution in [2.24, 2.45) is 0 Å². The number of aryl methyl sites for hydroxylation is 1. The van der Waals surface area contributed by atoms with Gasteiger partial charge in [-0.15, -0.1) is 5.10 Å². The van der Waals surface area contributed by atoms with E-state index in [4.69, 9.17) is 16.7 Å². The van der Waals surface area contributed by atoms with Gasteiger partial charge in [0.15, 0.2) is 5.15 Å². The van der Waals surface area contributed by atoms with Crippen LogP contribution in [-0.2, 0) is 10.7 Å². The highest BCUT2D eigenvalue weighted by Gasteiger charge is 2.39. The topological polar surface area (TPSA) is 63.1 Å². The number of halogens is 3. The molecule has 4 nitrogen and oxygen atoms in total. The third kappa shape index (κ3) is 2.44. The summed E-state index contributed by atoms with van der Waals surface area (Å²) >= 11 is 5.52. The first-order chi connectivity index (χ1) is 7.25. The summed E-state index contributed by atoms with van der Waals surface area (Å²) in [5.41, 5.74) is -0.111. The van der Waals surface area contributed by atoms with Crippen molar-refractivity contribution in [2.45, 2.75) is 26.2 Å². The molecule has 0 aromatic carbocycles. The summed E-state index contributed by atoms with van der Waals surface area (Å²) in [7, 11) is 0. The van der Waals surface area contributed by atoms with Crippen LogP contribution in [0.2, 0.25) is 5.15 Å². The van der Waals surface area contributed by atoms with Crippen LogP contribution in [-0.4, -0.2) is 21.3 Å². The zero-order valence-electron chi connectivity index (χ0n) is 8.59.